The van der Waals surface area contributed by atoms with Crippen LogP contribution in [0.5, 0.6) is 0 Å². The highest BCUT2D eigenvalue weighted by Gasteiger charge is 2.34. The molecule has 2 aromatic carbocycles. The highest BCUT2D eigenvalue weighted by atomic mass is 16.3. The zero-order valence-electron chi connectivity index (χ0n) is 17.0. The molecular formula is C23H25N3O3. The molecule has 2 amide bonds. The highest BCUT2D eigenvalue weighted by Crippen LogP contribution is 2.31. The number of nitrogens with zero attached hydrogens (tertiary/aromatic N) is 3. The molecule has 1 aliphatic rings. The first-order chi connectivity index (χ1) is 13.9. The van der Waals surface area contributed by atoms with Crippen molar-refractivity contribution in [3.05, 3.63) is 54.1 Å². The van der Waals surface area contributed by atoms with Crippen LogP contribution in [-0.4, -0.2) is 53.8 Å². The third-order valence-corrected chi connectivity index (χ3v) is 5.74. The second kappa shape index (κ2) is 7.70. The number of aromatic nitrogens is 1. The van der Waals surface area contributed by atoms with E-state index in [1.807, 2.05) is 43.4 Å². The zero-order chi connectivity index (χ0) is 20.5. The first kappa shape index (κ1) is 19.2. The first-order valence-corrected chi connectivity index (χ1v) is 9.88. The summed E-state index contributed by atoms with van der Waals surface area (Å²) in [5, 5.41) is 0. The van der Waals surface area contributed by atoms with E-state index in [9.17, 15) is 9.59 Å². The van der Waals surface area contributed by atoms with Crippen LogP contribution >= 0.6 is 0 Å². The summed E-state index contributed by atoms with van der Waals surface area (Å²) in [7, 11) is 5.39. The van der Waals surface area contributed by atoms with E-state index in [-0.39, 0.29) is 23.8 Å². The SMILES string of the molecule is CN(C)C(=O)C1CCC(N(C)C(=O)c2ccc(-c3nc4ccccc4o3)cc2)C1. The molecule has 1 aromatic heterocycles. The van der Waals surface area contributed by atoms with Crippen LogP contribution in [0.3, 0.4) is 0 Å². The number of oxazole rings is 1. The Hall–Kier alpha value is -3.15. The van der Waals surface area contributed by atoms with E-state index >= 15 is 0 Å². The summed E-state index contributed by atoms with van der Waals surface area (Å²) in [6, 6.07) is 15.0. The molecule has 0 spiro atoms. The summed E-state index contributed by atoms with van der Waals surface area (Å²) in [4.78, 5) is 33.0. The fourth-order valence-corrected chi connectivity index (χ4v) is 4.02. The van der Waals surface area contributed by atoms with Crippen LogP contribution in [0.2, 0.25) is 0 Å². The van der Waals surface area contributed by atoms with E-state index in [0.717, 1.165) is 35.9 Å². The molecule has 0 radical (unpaired) electrons. The van der Waals surface area contributed by atoms with Crippen molar-refractivity contribution in [2.75, 3.05) is 21.1 Å². The summed E-state index contributed by atoms with van der Waals surface area (Å²) in [5.74, 6) is 0.666. The van der Waals surface area contributed by atoms with E-state index in [2.05, 4.69) is 4.98 Å². The van der Waals surface area contributed by atoms with Crippen LogP contribution in [0.1, 0.15) is 29.6 Å². The summed E-state index contributed by atoms with van der Waals surface area (Å²) in [6.45, 7) is 0. The molecule has 0 saturated heterocycles. The standard InChI is InChI=1S/C23H25N3O3/c1-25(2)22(27)17-12-13-18(14-17)26(3)23(28)16-10-8-15(9-11-16)21-24-19-6-4-5-7-20(19)29-21/h4-11,17-18H,12-14H2,1-3H3. The molecule has 6 heteroatoms. The number of fused-ring (bicyclic) bond motifs is 1. The quantitative estimate of drug-likeness (QED) is 0.678. The lowest BCUT2D eigenvalue weighted by molar-refractivity contribution is -0.132. The molecular weight excluding hydrogens is 366 g/mol. The van der Waals surface area contributed by atoms with Gasteiger partial charge in [0.1, 0.15) is 5.52 Å². The molecule has 1 heterocycles. The van der Waals surface area contributed by atoms with Crippen molar-refractivity contribution in [2.24, 2.45) is 5.92 Å². The predicted octanol–water partition coefficient (Wildman–Crippen LogP) is 3.82. The molecule has 1 aliphatic carbocycles. The summed E-state index contributed by atoms with van der Waals surface area (Å²) >= 11 is 0. The number of para-hydroxylation sites is 2. The van der Waals surface area contributed by atoms with Gasteiger partial charge in [0.25, 0.3) is 5.91 Å². The Morgan fingerprint density at radius 1 is 1.00 bits per heavy atom. The van der Waals surface area contributed by atoms with Gasteiger partial charge in [-0.25, -0.2) is 4.98 Å². The van der Waals surface area contributed by atoms with Crippen molar-refractivity contribution in [1.29, 1.82) is 0 Å². The lowest BCUT2D eigenvalue weighted by Gasteiger charge is -2.25. The maximum absolute atomic E-state index is 12.9. The minimum absolute atomic E-state index is 0.00628. The number of carbonyl (C=O) groups excluding carboxylic acids is 2. The van der Waals surface area contributed by atoms with Crippen LogP contribution in [-0.2, 0) is 4.79 Å². The van der Waals surface area contributed by atoms with Gasteiger partial charge in [-0.15, -0.1) is 0 Å². The molecule has 3 aromatic rings. The third kappa shape index (κ3) is 3.75. The van der Waals surface area contributed by atoms with Crippen LogP contribution in [0, 0.1) is 5.92 Å². The Balaban J connectivity index is 1.46. The molecule has 29 heavy (non-hydrogen) atoms. The monoisotopic (exact) mass is 391 g/mol. The van der Waals surface area contributed by atoms with Gasteiger partial charge in [0, 0.05) is 44.2 Å². The Bertz CT molecular complexity index is 1010. The van der Waals surface area contributed by atoms with Crippen molar-refractivity contribution in [2.45, 2.75) is 25.3 Å². The summed E-state index contributed by atoms with van der Waals surface area (Å²) in [5.41, 5.74) is 3.00. The lowest BCUT2D eigenvalue weighted by Crippen LogP contribution is -2.36. The molecule has 2 unspecified atom stereocenters. The second-order valence-corrected chi connectivity index (χ2v) is 7.88. The molecule has 1 fully saturated rings. The van der Waals surface area contributed by atoms with Crippen LogP contribution in [0.15, 0.2) is 52.9 Å². The lowest BCUT2D eigenvalue weighted by atomic mass is 10.1. The topological polar surface area (TPSA) is 66.7 Å². The van der Waals surface area contributed by atoms with Crippen molar-refractivity contribution in [3.8, 4) is 11.5 Å². The van der Waals surface area contributed by atoms with Gasteiger partial charge in [-0.1, -0.05) is 12.1 Å². The van der Waals surface area contributed by atoms with Crippen molar-refractivity contribution in [3.63, 3.8) is 0 Å². The maximum atomic E-state index is 12.9. The predicted molar refractivity (Wildman–Crippen MR) is 111 cm³/mol. The third-order valence-electron chi connectivity index (χ3n) is 5.74. The smallest absolute Gasteiger partial charge is 0.253 e. The minimum atomic E-state index is -0.0305. The molecule has 2 atom stereocenters. The number of rotatable bonds is 4. The average molecular weight is 391 g/mol. The fraction of sp³-hybridized carbons (Fsp3) is 0.348. The van der Waals surface area contributed by atoms with E-state index in [1.165, 1.54) is 0 Å². The fourth-order valence-electron chi connectivity index (χ4n) is 4.02. The van der Waals surface area contributed by atoms with Crippen LogP contribution < -0.4 is 0 Å². The minimum Gasteiger partial charge on any atom is -0.436 e. The van der Waals surface area contributed by atoms with E-state index in [4.69, 9.17) is 4.42 Å². The summed E-state index contributed by atoms with van der Waals surface area (Å²) < 4.78 is 5.79. The van der Waals surface area contributed by atoms with E-state index in [1.54, 1.807) is 36.0 Å². The van der Waals surface area contributed by atoms with E-state index < -0.39 is 0 Å². The maximum Gasteiger partial charge on any atom is 0.253 e. The van der Waals surface area contributed by atoms with Crippen LogP contribution in [0.25, 0.3) is 22.6 Å². The molecule has 1 saturated carbocycles. The Kier molecular flexibility index (Phi) is 5.09. The van der Waals surface area contributed by atoms with Crippen molar-refractivity contribution < 1.29 is 14.0 Å². The number of benzene rings is 2. The molecule has 150 valence electrons. The van der Waals surface area contributed by atoms with Gasteiger partial charge < -0.3 is 14.2 Å². The van der Waals surface area contributed by atoms with Gasteiger partial charge in [-0.05, 0) is 55.7 Å². The number of hydrogen-bond donors (Lipinski definition) is 0. The van der Waals surface area contributed by atoms with Gasteiger partial charge in [0.2, 0.25) is 11.8 Å². The Labute approximate surface area is 170 Å². The van der Waals surface area contributed by atoms with Crippen LogP contribution in [0.4, 0.5) is 0 Å². The normalized spacial score (nSPS) is 18.7. The number of hydrogen-bond acceptors (Lipinski definition) is 4. The average Bonchev–Trinajstić information content (AvgIpc) is 3.39. The van der Waals surface area contributed by atoms with Crippen molar-refractivity contribution in [1.82, 2.24) is 14.8 Å². The zero-order valence-corrected chi connectivity index (χ0v) is 17.0. The van der Waals surface area contributed by atoms with Gasteiger partial charge in [-0.2, -0.15) is 0 Å². The first-order valence-electron chi connectivity index (χ1n) is 9.88. The molecule has 0 N–H and O–H groups in total. The van der Waals surface area contributed by atoms with Gasteiger partial charge >= 0.3 is 0 Å². The second-order valence-electron chi connectivity index (χ2n) is 7.88. The summed E-state index contributed by atoms with van der Waals surface area (Å²) in [6.07, 6.45) is 2.41. The Morgan fingerprint density at radius 3 is 2.41 bits per heavy atom. The largest absolute Gasteiger partial charge is 0.436 e. The van der Waals surface area contributed by atoms with Crippen molar-refractivity contribution >= 4 is 22.9 Å². The molecule has 4 rings (SSSR count). The van der Waals surface area contributed by atoms with E-state index in [0.29, 0.717) is 11.5 Å². The van der Waals surface area contributed by atoms with Gasteiger partial charge in [0.05, 0.1) is 0 Å². The number of amides is 2. The van der Waals surface area contributed by atoms with Gasteiger partial charge in [-0.3, -0.25) is 9.59 Å². The highest BCUT2D eigenvalue weighted by molar-refractivity contribution is 5.94. The molecule has 6 nitrogen and oxygen atoms in total. The van der Waals surface area contributed by atoms with Gasteiger partial charge in [0.15, 0.2) is 5.58 Å². The molecule has 0 bridgehead atoms. The number of carbonyl (C=O) groups is 2. The molecule has 0 aliphatic heterocycles. The Morgan fingerprint density at radius 2 is 1.72 bits per heavy atom.